The second kappa shape index (κ2) is 5.43. The Bertz CT molecular complexity index is 25.2. The van der Waals surface area contributed by atoms with E-state index in [1.807, 2.05) is 21.6 Å². The molecule has 1 aliphatic heterocycles. The minimum atomic E-state index is 0. The van der Waals surface area contributed by atoms with Crippen LogP contribution in [0, 0.1) is 0 Å². The first-order valence-electron chi connectivity index (χ1n) is 2.24. The average Bonchev–Trinajstić information content (AvgIpc) is 1.72. The summed E-state index contributed by atoms with van der Waals surface area (Å²) >= 11 is 0. The molecule has 0 spiro atoms. The molecule has 0 nitrogen and oxygen atoms in total. The molecule has 0 aromatic carbocycles. The molecule has 3 heteroatoms. The van der Waals surface area contributed by atoms with E-state index in [-0.39, 0.29) is 18.9 Å². The molecule has 1 saturated heterocycles. The molecule has 0 aromatic rings. The zero-order valence-electron chi connectivity index (χ0n) is 4.64. The van der Waals surface area contributed by atoms with Crippen molar-refractivity contribution in [2.75, 3.05) is 11.5 Å². The molecule has 1 fully saturated rings. The molecular formula is C4H8LiS2+. The first-order valence-corrected chi connectivity index (χ1v) is 4.73. The Morgan fingerprint density at radius 1 is 0.857 bits per heavy atom. The van der Waals surface area contributed by atoms with Crippen LogP contribution in [0.4, 0.5) is 0 Å². The zero-order chi connectivity index (χ0) is 4.24. The third kappa shape index (κ3) is 3.85. The van der Waals surface area contributed by atoms with E-state index in [1.165, 1.54) is 24.3 Å². The van der Waals surface area contributed by atoms with Gasteiger partial charge in [0, 0.05) is 11.5 Å². The monoisotopic (exact) mass is 127 g/mol. The van der Waals surface area contributed by atoms with Crippen molar-refractivity contribution in [2.45, 2.75) is 12.8 Å². The maximum absolute atomic E-state index is 2.01. The number of rotatable bonds is 0. The summed E-state index contributed by atoms with van der Waals surface area (Å²) in [5.74, 6) is 2.76. The van der Waals surface area contributed by atoms with Gasteiger partial charge < -0.3 is 0 Å². The van der Waals surface area contributed by atoms with Crippen LogP contribution < -0.4 is 18.9 Å². The summed E-state index contributed by atoms with van der Waals surface area (Å²) in [5, 5.41) is 0. The van der Waals surface area contributed by atoms with E-state index in [1.54, 1.807) is 0 Å². The van der Waals surface area contributed by atoms with Crippen LogP contribution in [-0.4, -0.2) is 11.5 Å². The van der Waals surface area contributed by atoms with Crippen LogP contribution in [0.15, 0.2) is 0 Å². The van der Waals surface area contributed by atoms with Crippen molar-refractivity contribution < 1.29 is 18.9 Å². The molecule has 1 aliphatic rings. The second-order valence-electron chi connectivity index (χ2n) is 1.35. The summed E-state index contributed by atoms with van der Waals surface area (Å²) < 4.78 is 0. The van der Waals surface area contributed by atoms with Crippen molar-refractivity contribution in [1.29, 1.82) is 0 Å². The van der Waals surface area contributed by atoms with Gasteiger partial charge in [-0.3, -0.25) is 0 Å². The molecule has 1 heterocycles. The molecule has 7 heavy (non-hydrogen) atoms. The molecule has 1 rings (SSSR count). The molecule has 0 saturated carbocycles. The van der Waals surface area contributed by atoms with Gasteiger partial charge >= 0.3 is 18.9 Å². The van der Waals surface area contributed by atoms with Crippen LogP contribution in [0.2, 0.25) is 0 Å². The Morgan fingerprint density at radius 2 is 1.29 bits per heavy atom. The fourth-order valence-electron chi connectivity index (χ4n) is 0.440. The fourth-order valence-corrected chi connectivity index (χ4v) is 2.73. The van der Waals surface area contributed by atoms with Crippen molar-refractivity contribution in [3.63, 3.8) is 0 Å². The van der Waals surface area contributed by atoms with Crippen LogP contribution in [0.5, 0.6) is 0 Å². The molecule has 0 aromatic heterocycles. The standard InChI is InChI=1S/C4H8S2.Li/c1-2-4-6-5-3-1;/h1-4H2;/q;+1. The topological polar surface area (TPSA) is 0 Å². The SMILES string of the molecule is C1CCSSC1.[Li+]. The van der Waals surface area contributed by atoms with Crippen molar-refractivity contribution >= 4 is 21.6 Å². The molecule has 0 aliphatic carbocycles. The van der Waals surface area contributed by atoms with Gasteiger partial charge in [0.25, 0.3) is 0 Å². The predicted octanol–water partition coefficient (Wildman–Crippen LogP) is -0.834. The molecule has 0 unspecified atom stereocenters. The molecule has 0 radical (unpaired) electrons. The average molecular weight is 127 g/mol. The van der Waals surface area contributed by atoms with Crippen LogP contribution in [0.25, 0.3) is 0 Å². The maximum atomic E-state index is 2.01. The van der Waals surface area contributed by atoms with E-state index in [0.717, 1.165) is 0 Å². The van der Waals surface area contributed by atoms with Crippen LogP contribution >= 0.6 is 21.6 Å². The van der Waals surface area contributed by atoms with Crippen LogP contribution in [0.3, 0.4) is 0 Å². The van der Waals surface area contributed by atoms with Crippen molar-refractivity contribution in [3.8, 4) is 0 Å². The van der Waals surface area contributed by atoms with Gasteiger partial charge in [0.2, 0.25) is 0 Å². The summed E-state index contributed by atoms with van der Waals surface area (Å²) in [6, 6.07) is 0. The molecule has 0 atom stereocenters. The Balaban J connectivity index is 0.000000360. The van der Waals surface area contributed by atoms with Gasteiger partial charge in [0.1, 0.15) is 0 Å². The third-order valence-corrected chi connectivity index (χ3v) is 3.37. The van der Waals surface area contributed by atoms with E-state index in [9.17, 15) is 0 Å². The summed E-state index contributed by atoms with van der Waals surface area (Å²) in [6.45, 7) is 0. The minimum absolute atomic E-state index is 0. The van der Waals surface area contributed by atoms with Gasteiger partial charge in [0.05, 0.1) is 0 Å². The van der Waals surface area contributed by atoms with Crippen molar-refractivity contribution in [2.24, 2.45) is 0 Å². The summed E-state index contributed by atoms with van der Waals surface area (Å²) in [6.07, 6.45) is 2.88. The van der Waals surface area contributed by atoms with Gasteiger partial charge in [0.15, 0.2) is 0 Å². The van der Waals surface area contributed by atoms with Crippen molar-refractivity contribution in [3.05, 3.63) is 0 Å². The second-order valence-corrected chi connectivity index (χ2v) is 4.05. The molecule has 36 valence electrons. The third-order valence-electron chi connectivity index (χ3n) is 0.789. The van der Waals surface area contributed by atoms with Gasteiger partial charge in [-0.05, 0) is 12.8 Å². The molecule has 0 bridgehead atoms. The largest absolute Gasteiger partial charge is 1.00 e. The van der Waals surface area contributed by atoms with Gasteiger partial charge in [-0.15, -0.1) is 0 Å². The van der Waals surface area contributed by atoms with Crippen molar-refractivity contribution in [1.82, 2.24) is 0 Å². The maximum Gasteiger partial charge on any atom is 1.00 e. The Hall–Kier alpha value is 1.30. The van der Waals surface area contributed by atoms with Gasteiger partial charge in [-0.1, -0.05) is 21.6 Å². The van der Waals surface area contributed by atoms with Crippen LogP contribution in [-0.2, 0) is 0 Å². The Labute approximate surface area is 64.8 Å². The molecule has 0 N–H and O–H groups in total. The minimum Gasteiger partial charge on any atom is -0.0942 e. The quantitative estimate of drug-likeness (QED) is 0.307. The van der Waals surface area contributed by atoms with Gasteiger partial charge in [-0.25, -0.2) is 0 Å². The number of hydrogen-bond acceptors (Lipinski definition) is 2. The first kappa shape index (κ1) is 8.30. The predicted molar refractivity (Wildman–Crippen MR) is 34.1 cm³/mol. The molecule has 0 amide bonds. The van der Waals surface area contributed by atoms with E-state index in [4.69, 9.17) is 0 Å². The normalized spacial score (nSPS) is 20.6. The summed E-state index contributed by atoms with van der Waals surface area (Å²) in [4.78, 5) is 0. The first-order chi connectivity index (χ1) is 3.00. The number of hydrogen-bond donors (Lipinski definition) is 0. The Kier molecular flexibility index (Phi) is 6.44. The van der Waals surface area contributed by atoms with Crippen LogP contribution in [0.1, 0.15) is 12.8 Å². The smallest absolute Gasteiger partial charge is 0.0942 e. The summed E-state index contributed by atoms with van der Waals surface area (Å²) in [7, 11) is 4.02. The Morgan fingerprint density at radius 3 is 1.43 bits per heavy atom. The fraction of sp³-hybridized carbons (Fsp3) is 1.00. The van der Waals surface area contributed by atoms with Gasteiger partial charge in [-0.2, -0.15) is 0 Å². The van der Waals surface area contributed by atoms with E-state index < -0.39 is 0 Å². The van der Waals surface area contributed by atoms with E-state index in [0.29, 0.717) is 0 Å². The zero-order valence-corrected chi connectivity index (χ0v) is 6.28. The van der Waals surface area contributed by atoms with E-state index >= 15 is 0 Å². The van der Waals surface area contributed by atoms with E-state index in [2.05, 4.69) is 0 Å². The molecular weight excluding hydrogens is 119 g/mol. The summed E-state index contributed by atoms with van der Waals surface area (Å²) in [5.41, 5.74) is 0.